The molecule has 2 N–H and O–H groups in total. The number of aryl methyl sites for hydroxylation is 1. The van der Waals surface area contributed by atoms with Gasteiger partial charge >= 0.3 is 0 Å². The first kappa shape index (κ1) is 13.5. The normalized spacial score (nSPS) is 25.7. The minimum Gasteiger partial charge on any atom is -0.360 e. The van der Waals surface area contributed by atoms with Gasteiger partial charge in [0, 0.05) is 19.2 Å². The minimum atomic E-state index is -3.34. The lowest BCUT2D eigenvalue weighted by Gasteiger charge is -2.22. The number of rotatable bonds is 4. The van der Waals surface area contributed by atoms with Gasteiger partial charge in [-0.3, -0.25) is 0 Å². The van der Waals surface area contributed by atoms with Crippen LogP contribution in [-0.2, 0) is 15.8 Å². The standard InChI is InChI=1S/C11H19N3O3S/c1-9-5-10(17-13-9)6-18(15,16)14-4-3-11(2,7-12)8-14/h5H,3-4,6-8,12H2,1-2H3. The van der Waals surface area contributed by atoms with Crippen molar-refractivity contribution in [3.8, 4) is 0 Å². The van der Waals surface area contributed by atoms with Gasteiger partial charge in [0.05, 0.1) is 5.69 Å². The minimum absolute atomic E-state index is 0.107. The van der Waals surface area contributed by atoms with Gasteiger partial charge in [-0.05, 0) is 25.3 Å². The van der Waals surface area contributed by atoms with Gasteiger partial charge in [0.1, 0.15) is 5.75 Å². The maximum absolute atomic E-state index is 12.2. The Morgan fingerprint density at radius 2 is 2.33 bits per heavy atom. The Bertz CT molecular complexity index is 525. The molecule has 0 bridgehead atoms. The van der Waals surface area contributed by atoms with E-state index in [0.29, 0.717) is 31.1 Å². The summed E-state index contributed by atoms with van der Waals surface area (Å²) >= 11 is 0. The van der Waals surface area contributed by atoms with Crippen molar-refractivity contribution in [2.75, 3.05) is 19.6 Å². The van der Waals surface area contributed by atoms with Gasteiger partial charge in [-0.25, -0.2) is 12.7 Å². The van der Waals surface area contributed by atoms with Crippen LogP contribution in [0, 0.1) is 12.3 Å². The molecule has 1 aliphatic heterocycles. The molecule has 6 nitrogen and oxygen atoms in total. The average Bonchev–Trinajstić information content (AvgIpc) is 2.86. The monoisotopic (exact) mass is 273 g/mol. The smallest absolute Gasteiger partial charge is 0.221 e. The third-order valence-corrected chi connectivity index (χ3v) is 5.16. The molecule has 1 fully saturated rings. The molecule has 1 atom stereocenters. The Morgan fingerprint density at radius 3 is 2.83 bits per heavy atom. The second-order valence-corrected chi connectivity index (χ2v) is 7.26. The fourth-order valence-corrected chi connectivity index (χ4v) is 3.69. The zero-order valence-corrected chi connectivity index (χ0v) is 11.5. The molecule has 1 aromatic rings. The zero-order valence-electron chi connectivity index (χ0n) is 10.7. The van der Waals surface area contributed by atoms with E-state index in [1.165, 1.54) is 4.31 Å². The number of nitrogens with two attached hydrogens (primary N) is 1. The Balaban J connectivity index is 2.09. The summed E-state index contributed by atoms with van der Waals surface area (Å²) in [5.74, 6) is 0.253. The van der Waals surface area contributed by atoms with Crippen LogP contribution in [0.15, 0.2) is 10.6 Å². The molecular formula is C11H19N3O3S. The lowest BCUT2D eigenvalue weighted by atomic mass is 9.90. The van der Waals surface area contributed by atoms with E-state index in [0.717, 1.165) is 6.42 Å². The van der Waals surface area contributed by atoms with Crippen molar-refractivity contribution in [1.29, 1.82) is 0 Å². The van der Waals surface area contributed by atoms with Crippen molar-refractivity contribution in [3.05, 3.63) is 17.5 Å². The molecule has 0 radical (unpaired) electrons. The molecule has 102 valence electrons. The van der Waals surface area contributed by atoms with Crippen LogP contribution in [0.3, 0.4) is 0 Å². The largest absolute Gasteiger partial charge is 0.360 e. The number of nitrogens with zero attached hydrogens (tertiary/aromatic N) is 2. The van der Waals surface area contributed by atoms with Gasteiger partial charge in [-0.1, -0.05) is 12.1 Å². The van der Waals surface area contributed by atoms with Crippen molar-refractivity contribution in [2.45, 2.75) is 26.0 Å². The van der Waals surface area contributed by atoms with Gasteiger partial charge in [-0.15, -0.1) is 0 Å². The van der Waals surface area contributed by atoms with E-state index in [9.17, 15) is 8.42 Å². The Hall–Kier alpha value is -0.920. The van der Waals surface area contributed by atoms with Crippen LogP contribution in [0.2, 0.25) is 0 Å². The number of hydrogen-bond donors (Lipinski definition) is 1. The molecule has 7 heteroatoms. The fourth-order valence-electron chi connectivity index (χ4n) is 2.14. The summed E-state index contributed by atoms with van der Waals surface area (Å²) in [5.41, 5.74) is 6.26. The Labute approximate surface area is 107 Å². The van der Waals surface area contributed by atoms with Crippen LogP contribution < -0.4 is 5.73 Å². The molecule has 1 unspecified atom stereocenters. The van der Waals surface area contributed by atoms with E-state index in [1.807, 2.05) is 6.92 Å². The third-order valence-electron chi connectivity index (χ3n) is 3.41. The van der Waals surface area contributed by atoms with Gasteiger partial charge in [0.2, 0.25) is 10.0 Å². The Morgan fingerprint density at radius 1 is 1.61 bits per heavy atom. The molecule has 2 rings (SSSR count). The summed E-state index contributed by atoms with van der Waals surface area (Å²) in [4.78, 5) is 0. The second kappa shape index (κ2) is 4.64. The summed E-state index contributed by atoms with van der Waals surface area (Å²) in [6.07, 6.45) is 0.804. The molecule has 18 heavy (non-hydrogen) atoms. The first-order valence-electron chi connectivity index (χ1n) is 5.95. The molecule has 0 aromatic carbocycles. The van der Waals surface area contributed by atoms with Gasteiger partial charge in [0.25, 0.3) is 0 Å². The third kappa shape index (κ3) is 2.73. The highest BCUT2D eigenvalue weighted by molar-refractivity contribution is 7.88. The lowest BCUT2D eigenvalue weighted by Crippen LogP contribution is -2.35. The number of aromatic nitrogens is 1. The molecule has 0 spiro atoms. The predicted molar refractivity (Wildman–Crippen MR) is 67.2 cm³/mol. The van der Waals surface area contributed by atoms with Crippen LogP contribution in [0.5, 0.6) is 0 Å². The molecule has 1 saturated heterocycles. The van der Waals surface area contributed by atoms with Gasteiger partial charge in [0.15, 0.2) is 5.76 Å². The second-order valence-electron chi connectivity index (χ2n) is 5.29. The number of hydrogen-bond acceptors (Lipinski definition) is 5. The molecule has 2 heterocycles. The van der Waals surface area contributed by atoms with Crippen molar-refractivity contribution in [1.82, 2.24) is 9.46 Å². The van der Waals surface area contributed by atoms with Crippen LogP contribution in [0.1, 0.15) is 24.8 Å². The maximum atomic E-state index is 12.2. The Kier molecular flexibility index (Phi) is 3.48. The van der Waals surface area contributed by atoms with E-state index in [4.69, 9.17) is 10.3 Å². The quantitative estimate of drug-likeness (QED) is 0.862. The first-order chi connectivity index (χ1) is 8.35. The van der Waals surface area contributed by atoms with Crippen LogP contribution in [0.4, 0.5) is 0 Å². The highest BCUT2D eigenvalue weighted by Gasteiger charge is 2.38. The van der Waals surface area contributed by atoms with Crippen molar-refractivity contribution < 1.29 is 12.9 Å². The first-order valence-corrected chi connectivity index (χ1v) is 7.56. The maximum Gasteiger partial charge on any atom is 0.221 e. The molecule has 0 amide bonds. The van der Waals surface area contributed by atoms with Crippen LogP contribution in [0.25, 0.3) is 0 Å². The molecular weight excluding hydrogens is 254 g/mol. The predicted octanol–water partition coefficient (Wildman–Crippen LogP) is 0.484. The fraction of sp³-hybridized carbons (Fsp3) is 0.727. The molecule has 1 aliphatic rings. The van der Waals surface area contributed by atoms with Crippen molar-refractivity contribution in [2.24, 2.45) is 11.1 Å². The van der Waals surface area contributed by atoms with E-state index >= 15 is 0 Å². The summed E-state index contributed by atoms with van der Waals surface area (Å²) in [6.45, 7) is 5.30. The van der Waals surface area contributed by atoms with E-state index in [2.05, 4.69) is 5.16 Å². The number of sulfonamides is 1. The summed E-state index contributed by atoms with van der Waals surface area (Å²) in [6, 6.07) is 1.65. The van der Waals surface area contributed by atoms with E-state index in [-0.39, 0.29) is 11.2 Å². The molecule has 1 aromatic heterocycles. The van der Waals surface area contributed by atoms with Gasteiger partial charge < -0.3 is 10.3 Å². The summed E-state index contributed by atoms with van der Waals surface area (Å²) in [7, 11) is -3.34. The zero-order chi connectivity index (χ0) is 13.4. The van der Waals surface area contributed by atoms with Crippen LogP contribution >= 0.6 is 0 Å². The lowest BCUT2D eigenvalue weighted by molar-refractivity contribution is 0.347. The molecule has 0 aliphatic carbocycles. The van der Waals surface area contributed by atoms with E-state index in [1.54, 1.807) is 13.0 Å². The highest BCUT2D eigenvalue weighted by atomic mass is 32.2. The highest BCUT2D eigenvalue weighted by Crippen LogP contribution is 2.31. The van der Waals surface area contributed by atoms with Crippen LogP contribution in [-0.4, -0.2) is 37.5 Å². The average molecular weight is 273 g/mol. The van der Waals surface area contributed by atoms with E-state index < -0.39 is 10.0 Å². The summed E-state index contributed by atoms with van der Waals surface area (Å²) < 4.78 is 30.9. The van der Waals surface area contributed by atoms with Crippen molar-refractivity contribution >= 4 is 10.0 Å². The van der Waals surface area contributed by atoms with Crippen molar-refractivity contribution in [3.63, 3.8) is 0 Å². The molecule has 0 saturated carbocycles. The SMILES string of the molecule is Cc1cc(CS(=O)(=O)N2CCC(C)(CN)C2)on1. The topological polar surface area (TPSA) is 89.4 Å². The van der Waals surface area contributed by atoms with Gasteiger partial charge in [-0.2, -0.15) is 0 Å². The summed E-state index contributed by atoms with van der Waals surface area (Å²) in [5, 5.41) is 3.69.